The fraction of sp³-hybridized carbons (Fsp3) is 0.700. The van der Waals surface area contributed by atoms with Crippen LogP contribution in [0.3, 0.4) is 0 Å². The standard InChI is InChI=1S/C10H16O/c1-10(2)8-6-4-3-5-7-9(10)11/h3-4H,5-8H2,1-2H3/b4-3+. The lowest BCUT2D eigenvalue weighted by atomic mass is 9.80. The van der Waals surface area contributed by atoms with Gasteiger partial charge in [0.05, 0.1) is 0 Å². The lowest BCUT2D eigenvalue weighted by Crippen LogP contribution is -2.24. The Labute approximate surface area is 68.5 Å². The van der Waals surface area contributed by atoms with Crippen molar-refractivity contribution in [1.29, 1.82) is 0 Å². The van der Waals surface area contributed by atoms with Gasteiger partial charge in [0, 0.05) is 11.8 Å². The van der Waals surface area contributed by atoms with E-state index in [-0.39, 0.29) is 5.41 Å². The van der Waals surface area contributed by atoms with Gasteiger partial charge < -0.3 is 0 Å². The summed E-state index contributed by atoms with van der Waals surface area (Å²) in [7, 11) is 0. The monoisotopic (exact) mass is 152 g/mol. The normalized spacial score (nSPS) is 27.3. The Morgan fingerprint density at radius 2 is 1.91 bits per heavy atom. The van der Waals surface area contributed by atoms with E-state index in [9.17, 15) is 4.79 Å². The summed E-state index contributed by atoms with van der Waals surface area (Å²) in [6, 6.07) is 0. The Morgan fingerprint density at radius 1 is 1.27 bits per heavy atom. The second-order valence-electron chi connectivity index (χ2n) is 3.86. The van der Waals surface area contributed by atoms with Crippen LogP contribution in [0.25, 0.3) is 0 Å². The highest BCUT2D eigenvalue weighted by Crippen LogP contribution is 2.27. The molecule has 0 bridgehead atoms. The van der Waals surface area contributed by atoms with Gasteiger partial charge >= 0.3 is 0 Å². The fourth-order valence-corrected chi connectivity index (χ4v) is 1.37. The van der Waals surface area contributed by atoms with Gasteiger partial charge in [0.2, 0.25) is 0 Å². The van der Waals surface area contributed by atoms with E-state index in [1.165, 1.54) is 0 Å². The molecular formula is C10H16O. The van der Waals surface area contributed by atoms with Crippen molar-refractivity contribution in [2.24, 2.45) is 5.41 Å². The molecule has 1 rings (SSSR count). The van der Waals surface area contributed by atoms with E-state index in [0.29, 0.717) is 5.78 Å². The molecule has 1 heteroatoms. The van der Waals surface area contributed by atoms with Crippen LogP contribution >= 0.6 is 0 Å². The van der Waals surface area contributed by atoms with Crippen molar-refractivity contribution in [3.05, 3.63) is 12.2 Å². The van der Waals surface area contributed by atoms with E-state index in [4.69, 9.17) is 0 Å². The zero-order chi connectivity index (χ0) is 8.32. The number of hydrogen-bond donors (Lipinski definition) is 0. The van der Waals surface area contributed by atoms with Gasteiger partial charge in [-0.15, -0.1) is 0 Å². The topological polar surface area (TPSA) is 17.1 Å². The Bertz CT molecular complexity index is 177. The molecule has 1 aliphatic carbocycles. The molecule has 1 nitrogen and oxygen atoms in total. The largest absolute Gasteiger partial charge is 0.299 e. The van der Waals surface area contributed by atoms with E-state index in [1.807, 2.05) is 0 Å². The first kappa shape index (κ1) is 8.51. The predicted molar refractivity (Wildman–Crippen MR) is 46.4 cm³/mol. The molecule has 0 aromatic rings. The number of carbonyl (C=O) groups excluding carboxylic acids is 1. The third-order valence-electron chi connectivity index (χ3n) is 2.40. The molecule has 1 aliphatic rings. The van der Waals surface area contributed by atoms with Crippen LogP contribution in [-0.2, 0) is 4.79 Å². The predicted octanol–water partition coefficient (Wildman–Crippen LogP) is 2.71. The summed E-state index contributed by atoms with van der Waals surface area (Å²) < 4.78 is 0. The zero-order valence-corrected chi connectivity index (χ0v) is 7.39. The molecule has 0 aromatic heterocycles. The van der Waals surface area contributed by atoms with E-state index in [1.54, 1.807) is 0 Å². The molecule has 0 amide bonds. The quantitative estimate of drug-likeness (QED) is 0.488. The molecular weight excluding hydrogens is 136 g/mol. The summed E-state index contributed by atoms with van der Waals surface area (Å²) >= 11 is 0. The summed E-state index contributed by atoms with van der Waals surface area (Å²) in [5.41, 5.74) is -0.0786. The number of ketones is 1. The molecule has 0 heterocycles. The molecule has 0 N–H and O–H groups in total. The average molecular weight is 152 g/mol. The van der Waals surface area contributed by atoms with Crippen LogP contribution in [0.1, 0.15) is 39.5 Å². The molecule has 0 aliphatic heterocycles. The summed E-state index contributed by atoms with van der Waals surface area (Å²) in [5, 5.41) is 0. The van der Waals surface area contributed by atoms with Crippen LogP contribution in [0.4, 0.5) is 0 Å². The highest BCUT2D eigenvalue weighted by Gasteiger charge is 2.26. The van der Waals surface area contributed by atoms with Crippen LogP contribution in [0, 0.1) is 5.41 Å². The maximum absolute atomic E-state index is 11.5. The van der Waals surface area contributed by atoms with Gasteiger partial charge in [-0.1, -0.05) is 26.0 Å². The lowest BCUT2D eigenvalue weighted by molar-refractivity contribution is -0.127. The van der Waals surface area contributed by atoms with Crippen molar-refractivity contribution < 1.29 is 4.79 Å². The molecule has 0 spiro atoms. The number of Topliss-reactive ketones (excluding diaryl/α,β-unsaturated/α-hetero) is 1. The molecule has 0 saturated heterocycles. The van der Waals surface area contributed by atoms with Crippen molar-refractivity contribution in [2.75, 3.05) is 0 Å². The summed E-state index contributed by atoms with van der Waals surface area (Å²) in [6.07, 6.45) is 8.02. The number of rotatable bonds is 0. The first-order valence-corrected chi connectivity index (χ1v) is 4.31. The average Bonchev–Trinajstić information content (AvgIpc) is 1.93. The molecule has 62 valence electrons. The lowest BCUT2D eigenvalue weighted by Gasteiger charge is -2.23. The number of hydrogen-bond acceptors (Lipinski definition) is 1. The van der Waals surface area contributed by atoms with Gasteiger partial charge in [-0.25, -0.2) is 0 Å². The second kappa shape index (κ2) is 3.21. The Morgan fingerprint density at radius 3 is 2.64 bits per heavy atom. The smallest absolute Gasteiger partial charge is 0.138 e. The highest BCUT2D eigenvalue weighted by atomic mass is 16.1. The third-order valence-corrected chi connectivity index (χ3v) is 2.40. The van der Waals surface area contributed by atoms with Crippen molar-refractivity contribution in [3.63, 3.8) is 0 Å². The number of carbonyl (C=O) groups is 1. The first-order valence-electron chi connectivity index (χ1n) is 4.31. The van der Waals surface area contributed by atoms with E-state index in [2.05, 4.69) is 26.0 Å². The van der Waals surface area contributed by atoms with Crippen LogP contribution < -0.4 is 0 Å². The summed E-state index contributed by atoms with van der Waals surface area (Å²) in [5.74, 6) is 0.418. The third kappa shape index (κ3) is 2.18. The SMILES string of the molecule is CC1(C)CC/C=C/CCC1=O. The highest BCUT2D eigenvalue weighted by molar-refractivity contribution is 5.84. The Balaban J connectivity index is 2.66. The maximum Gasteiger partial charge on any atom is 0.138 e. The van der Waals surface area contributed by atoms with E-state index < -0.39 is 0 Å². The zero-order valence-electron chi connectivity index (χ0n) is 7.39. The second-order valence-corrected chi connectivity index (χ2v) is 3.86. The molecule has 11 heavy (non-hydrogen) atoms. The molecule has 0 fully saturated rings. The van der Waals surface area contributed by atoms with Crippen LogP contribution in [-0.4, -0.2) is 5.78 Å². The molecule has 0 unspecified atom stereocenters. The summed E-state index contributed by atoms with van der Waals surface area (Å²) in [6.45, 7) is 4.10. The molecule has 0 saturated carbocycles. The van der Waals surface area contributed by atoms with Crippen molar-refractivity contribution >= 4 is 5.78 Å². The number of allylic oxidation sites excluding steroid dienone is 2. The minimum absolute atomic E-state index is 0.0786. The van der Waals surface area contributed by atoms with Crippen molar-refractivity contribution in [3.8, 4) is 0 Å². The van der Waals surface area contributed by atoms with Crippen LogP contribution in [0.2, 0.25) is 0 Å². The van der Waals surface area contributed by atoms with Gasteiger partial charge in [-0.2, -0.15) is 0 Å². The first-order chi connectivity index (χ1) is 5.13. The van der Waals surface area contributed by atoms with Gasteiger partial charge in [0.15, 0.2) is 0 Å². The Kier molecular flexibility index (Phi) is 2.48. The van der Waals surface area contributed by atoms with E-state index >= 15 is 0 Å². The Hall–Kier alpha value is -0.590. The molecule has 0 aromatic carbocycles. The minimum Gasteiger partial charge on any atom is -0.299 e. The van der Waals surface area contributed by atoms with Gasteiger partial charge in [-0.3, -0.25) is 4.79 Å². The van der Waals surface area contributed by atoms with Crippen LogP contribution in [0.15, 0.2) is 12.2 Å². The summed E-state index contributed by atoms with van der Waals surface area (Å²) in [4.78, 5) is 11.5. The molecule has 0 atom stereocenters. The van der Waals surface area contributed by atoms with Crippen molar-refractivity contribution in [2.45, 2.75) is 39.5 Å². The fourth-order valence-electron chi connectivity index (χ4n) is 1.37. The minimum atomic E-state index is -0.0786. The maximum atomic E-state index is 11.5. The van der Waals surface area contributed by atoms with Crippen molar-refractivity contribution in [1.82, 2.24) is 0 Å². The van der Waals surface area contributed by atoms with Gasteiger partial charge in [-0.05, 0) is 19.3 Å². The molecule has 0 radical (unpaired) electrons. The van der Waals surface area contributed by atoms with Gasteiger partial charge in [0.25, 0.3) is 0 Å². The van der Waals surface area contributed by atoms with Crippen LogP contribution in [0.5, 0.6) is 0 Å². The van der Waals surface area contributed by atoms with E-state index in [0.717, 1.165) is 25.7 Å². The van der Waals surface area contributed by atoms with Gasteiger partial charge in [0.1, 0.15) is 5.78 Å².